The third-order valence-corrected chi connectivity index (χ3v) is 4.99. The van der Waals surface area contributed by atoms with Gasteiger partial charge in [-0.05, 0) is 49.9 Å². The molecule has 0 atom stereocenters. The van der Waals surface area contributed by atoms with Crippen molar-refractivity contribution in [2.45, 2.75) is 50.5 Å². The third-order valence-electron chi connectivity index (χ3n) is 4.99. The fourth-order valence-corrected chi connectivity index (χ4v) is 3.88. The molecule has 1 saturated heterocycles. The average molecular weight is 273 g/mol. The van der Waals surface area contributed by atoms with Crippen molar-refractivity contribution in [1.29, 1.82) is 0 Å². The van der Waals surface area contributed by atoms with Crippen LogP contribution in [0.1, 0.15) is 49.7 Å². The molecule has 0 spiro atoms. The van der Waals surface area contributed by atoms with Crippen LogP contribution in [0.15, 0.2) is 24.3 Å². The van der Waals surface area contributed by atoms with Crippen LogP contribution in [-0.2, 0) is 16.8 Å². The number of carboxylic acids is 1. The lowest BCUT2D eigenvalue weighted by molar-refractivity contribution is -0.143. The summed E-state index contributed by atoms with van der Waals surface area (Å²) < 4.78 is 0. The van der Waals surface area contributed by atoms with E-state index < -0.39 is 11.4 Å². The van der Waals surface area contributed by atoms with Gasteiger partial charge in [0.2, 0.25) is 0 Å². The summed E-state index contributed by atoms with van der Waals surface area (Å²) in [6.07, 6.45) is 6.19. The summed E-state index contributed by atoms with van der Waals surface area (Å²) in [6, 6.07) is 8.20. The Kier molecular flexibility index (Phi) is 3.79. The second-order valence-electron chi connectivity index (χ2n) is 6.23. The lowest BCUT2D eigenvalue weighted by Gasteiger charge is -2.28. The number of rotatable bonds is 4. The predicted molar refractivity (Wildman–Crippen MR) is 78.7 cm³/mol. The van der Waals surface area contributed by atoms with E-state index in [1.807, 2.05) is 18.2 Å². The fraction of sp³-hybridized carbons (Fsp3) is 0.588. The molecule has 1 saturated carbocycles. The summed E-state index contributed by atoms with van der Waals surface area (Å²) in [7, 11) is 0. The van der Waals surface area contributed by atoms with E-state index >= 15 is 0 Å². The van der Waals surface area contributed by atoms with Gasteiger partial charge >= 0.3 is 5.97 Å². The smallest absolute Gasteiger partial charge is 0.314 e. The first kappa shape index (κ1) is 13.6. The standard InChI is InChI=1S/C17H23NO2/c19-16(20)17(9-3-4-10-17)15-8-2-1-7-14(15)13-18-11-5-6-12-18/h1-2,7-8H,3-6,9-13H2,(H,19,20). The van der Waals surface area contributed by atoms with Crippen molar-refractivity contribution in [2.75, 3.05) is 13.1 Å². The summed E-state index contributed by atoms with van der Waals surface area (Å²) in [4.78, 5) is 14.3. The van der Waals surface area contributed by atoms with Crippen molar-refractivity contribution >= 4 is 5.97 Å². The van der Waals surface area contributed by atoms with Gasteiger partial charge in [-0.25, -0.2) is 0 Å². The number of hydrogen-bond donors (Lipinski definition) is 1. The summed E-state index contributed by atoms with van der Waals surface area (Å²) in [5.74, 6) is -0.635. The average Bonchev–Trinajstić information content (AvgIpc) is 3.10. The Labute approximate surface area is 120 Å². The SMILES string of the molecule is O=C(O)C1(c2ccccc2CN2CCCC2)CCCC1. The van der Waals surface area contributed by atoms with Gasteiger partial charge in [-0.15, -0.1) is 0 Å². The maximum Gasteiger partial charge on any atom is 0.314 e. The Morgan fingerprint density at radius 2 is 1.75 bits per heavy atom. The molecule has 0 unspecified atom stereocenters. The van der Waals surface area contributed by atoms with Crippen molar-refractivity contribution in [3.05, 3.63) is 35.4 Å². The van der Waals surface area contributed by atoms with E-state index in [1.54, 1.807) is 0 Å². The van der Waals surface area contributed by atoms with Crippen molar-refractivity contribution in [3.8, 4) is 0 Å². The molecule has 0 bridgehead atoms. The molecule has 1 aliphatic heterocycles. The summed E-state index contributed by atoms with van der Waals surface area (Å²) in [5.41, 5.74) is 1.66. The molecule has 3 nitrogen and oxygen atoms in total. The van der Waals surface area contributed by atoms with Gasteiger partial charge in [0.1, 0.15) is 0 Å². The molecule has 3 rings (SSSR count). The van der Waals surface area contributed by atoms with Gasteiger partial charge < -0.3 is 5.11 Å². The van der Waals surface area contributed by atoms with Crippen LogP contribution in [0.3, 0.4) is 0 Å². The van der Waals surface area contributed by atoms with Gasteiger partial charge in [0, 0.05) is 6.54 Å². The maximum atomic E-state index is 11.9. The highest BCUT2D eigenvalue weighted by Crippen LogP contribution is 2.43. The lowest BCUT2D eigenvalue weighted by Crippen LogP contribution is -2.34. The zero-order valence-corrected chi connectivity index (χ0v) is 12.0. The molecular formula is C17H23NO2. The Morgan fingerprint density at radius 1 is 1.10 bits per heavy atom. The number of nitrogens with zero attached hydrogens (tertiary/aromatic N) is 1. The van der Waals surface area contributed by atoms with E-state index in [2.05, 4.69) is 11.0 Å². The van der Waals surface area contributed by atoms with Gasteiger partial charge in [-0.2, -0.15) is 0 Å². The molecule has 2 aliphatic rings. The van der Waals surface area contributed by atoms with Gasteiger partial charge in [-0.1, -0.05) is 37.1 Å². The van der Waals surface area contributed by atoms with Crippen LogP contribution in [0.2, 0.25) is 0 Å². The first-order valence-electron chi connectivity index (χ1n) is 7.76. The highest BCUT2D eigenvalue weighted by atomic mass is 16.4. The van der Waals surface area contributed by atoms with Crippen molar-refractivity contribution in [1.82, 2.24) is 4.90 Å². The summed E-state index contributed by atoms with van der Waals surface area (Å²) in [6.45, 7) is 3.20. The van der Waals surface area contributed by atoms with Crippen molar-refractivity contribution in [2.24, 2.45) is 0 Å². The highest BCUT2D eigenvalue weighted by Gasteiger charge is 2.44. The van der Waals surface area contributed by atoms with Crippen LogP contribution in [0.4, 0.5) is 0 Å². The van der Waals surface area contributed by atoms with E-state index in [0.29, 0.717) is 0 Å². The highest BCUT2D eigenvalue weighted by molar-refractivity contribution is 5.82. The van der Waals surface area contributed by atoms with E-state index in [0.717, 1.165) is 50.9 Å². The number of hydrogen-bond acceptors (Lipinski definition) is 2. The molecule has 0 aromatic heterocycles. The zero-order chi connectivity index (χ0) is 14.0. The first-order chi connectivity index (χ1) is 9.72. The molecule has 1 aromatic carbocycles. The summed E-state index contributed by atoms with van der Waals surface area (Å²) in [5, 5.41) is 9.79. The Bertz CT molecular complexity index is 486. The van der Waals surface area contributed by atoms with Crippen LogP contribution in [-0.4, -0.2) is 29.1 Å². The maximum absolute atomic E-state index is 11.9. The van der Waals surface area contributed by atoms with Crippen LogP contribution in [0.25, 0.3) is 0 Å². The molecule has 1 heterocycles. The van der Waals surface area contributed by atoms with E-state index in [9.17, 15) is 9.90 Å². The van der Waals surface area contributed by atoms with Crippen molar-refractivity contribution in [3.63, 3.8) is 0 Å². The normalized spacial score (nSPS) is 22.2. The van der Waals surface area contributed by atoms with Gasteiger partial charge in [0.25, 0.3) is 0 Å². The molecule has 3 heteroatoms. The number of benzene rings is 1. The predicted octanol–water partition coefficient (Wildman–Crippen LogP) is 3.18. The largest absolute Gasteiger partial charge is 0.481 e. The molecule has 2 fully saturated rings. The Hall–Kier alpha value is -1.35. The fourth-order valence-electron chi connectivity index (χ4n) is 3.88. The van der Waals surface area contributed by atoms with Crippen LogP contribution in [0, 0.1) is 0 Å². The molecule has 20 heavy (non-hydrogen) atoms. The minimum Gasteiger partial charge on any atom is -0.481 e. The van der Waals surface area contributed by atoms with E-state index in [1.165, 1.54) is 18.4 Å². The molecule has 108 valence electrons. The van der Waals surface area contributed by atoms with Crippen molar-refractivity contribution < 1.29 is 9.90 Å². The van der Waals surface area contributed by atoms with E-state index in [-0.39, 0.29) is 0 Å². The quantitative estimate of drug-likeness (QED) is 0.916. The lowest BCUT2D eigenvalue weighted by atomic mass is 9.76. The molecular weight excluding hydrogens is 250 g/mol. The number of carboxylic acid groups (broad SMARTS) is 1. The monoisotopic (exact) mass is 273 g/mol. The Balaban J connectivity index is 1.93. The number of carbonyl (C=O) groups is 1. The zero-order valence-electron chi connectivity index (χ0n) is 12.0. The second kappa shape index (κ2) is 5.57. The minimum atomic E-state index is -0.635. The van der Waals surface area contributed by atoms with Crippen LogP contribution in [0.5, 0.6) is 0 Å². The molecule has 0 radical (unpaired) electrons. The third kappa shape index (κ3) is 2.35. The Morgan fingerprint density at radius 3 is 2.40 bits per heavy atom. The van der Waals surface area contributed by atoms with Crippen LogP contribution < -0.4 is 0 Å². The number of aliphatic carboxylic acids is 1. The summed E-state index contributed by atoms with van der Waals surface area (Å²) >= 11 is 0. The van der Waals surface area contributed by atoms with Gasteiger partial charge in [-0.3, -0.25) is 9.69 Å². The first-order valence-corrected chi connectivity index (χ1v) is 7.76. The molecule has 1 aliphatic carbocycles. The second-order valence-corrected chi connectivity index (χ2v) is 6.23. The van der Waals surface area contributed by atoms with E-state index in [4.69, 9.17) is 0 Å². The molecule has 0 amide bonds. The van der Waals surface area contributed by atoms with Crippen LogP contribution >= 0.6 is 0 Å². The number of likely N-dealkylation sites (tertiary alicyclic amines) is 1. The molecule has 1 aromatic rings. The van der Waals surface area contributed by atoms with Gasteiger partial charge in [0.15, 0.2) is 0 Å². The molecule has 1 N–H and O–H groups in total. The minimum absolute atomic E-state index is 0.629. The topological polar surface area (TPSA) is 40.5 Å². The van der Waals surface area contributed by atoms with Gasteiger partial charge in [0.05, 0.1) is 5.41 Å².